The summed E-state index contributed by atoms with van der Waals surface area (Å²) in [7, 11) is 0. The molecule has 1 N–H and O–H groups in total. The Morgan fingerprint density at radius 3 is 2.85 bits per heavy atom. The van der Waals surface area contributed by atoms with E-state index in [1.165, 1.54) is 12.8 Å². The SMILES string of the molecule is CC(C)n1cnnc1-c1cccc(NC(=O)c2cc3cc(-n4cnc(C5CC5)c4)ccc3o2)n1. The normalized spacial score (nSPS) is 13.6. The van der Waals surface area contributed by atoms with E-state index in [2.05, 4.69) is 31.7 Å². The zero-order valence-electron chi connectivity index (χ0n) is 18.8. The van der Waals surface area contributed by atoms with Crippen LogP contribution in [0.25, 0.3) is 28.2 Å². The molecule has 1 aliphatic rings. The lowest BCUT2D eigenvalue weighted by Gasteiger charge is -2.10. The number of anilines is 1. The van der Waals surface area contributed by atoms with E-state index in [9.17, 15) is 4.79 Å². The molecule has 34 heavy (non-hydrogen) atoms. The number of nitrogens with one attached hydrogen (secondary N) is 1. The van der Waals surface area contributed by atoms with Gasteiger partial charge in [-0.05, 0) is 63.1 Å². The molecule has 1 fully saturated rings. The van der Waals surface area contributed by atoms with Crippen LogP contribution in [0.4, 0.5) is 5.82 Å². The summed E-state index contributed by atoms with van der Waals surface area (Å²) in [6.07, 6.45) is 8.01. The van der Waals surface area contributed by atoms with Crippen molar-refractivity contribution in [2.24, 2.45) is 0 Å². The number of rotatable bonds is 6. The standard InChI is InChI=1S/C25H23N7O2/c1-15(2)32-14-27-30-24(32)19-4-3-5-23(28-19)29-25(33)22-11-17-10-18(8-9-21(17)34-22)31-12-20(26-13-31)16-6-7-16/h3-5,8-16H,6-7H2,1-2H3,(H,28,29,33). The highest BCUT2D eigenvalue weighted by Gasteiger charge is 2.26. The van der Waals surface area contributed by atoms with Crippen LogP contribution in [-0.2, 0) is 0 Å². The smallest absolute Gasteiger partial charge is 0.292 e. The second-order valence-electron chi connectivity index (χ2n) is 8.83. The van der Waals surface area contributed by atoms with Crippen molar-refractivity contribution < 1.29 is 9.21 Å². The number of furan rings is 1. The first-order valence-corrected chi connectivity index (χ1v) is 11.3. The molecule has 0 saturated heterocycles. The van der Waals surface area contributed by atoms with Crippen molar-refractivity contribution in [3.63, 3.8) is 0 Å². The summed E-state index contributed by atoms with van der Waals surface area (Å²) in [5, 5.41) is 11.8. The minimum atomic E-state index is -0.369. The number of hydrogen-bond acceptors (Lipinski definition) is 6. The Hall–Kier alpha value is -4.27. The fraction of sp³-hybridized carbons (Fsp3) is 0.240. The number of benzene rings is 1. The minimum Gasteiger partial charge on any atom is -0.451 e. The summed E-state index contributed by atoms with van der Waals surface area (Å²) in [5.74, 6) is 1.50. The predicted molar refractivity (Wildman–Crippen MR) is 127 cm³/mol. The molecule has 170 valence electrons. The highest BCUT2D eigenvalue weighted by molar-refractivity contribution is 6.04. The molecule has 5 aromatic rings. The average Bonchev–Trinajstić information content (AvgIpc) is 3.25. The lowest BCUT2D eigenvalue weighted by atomic mass is 10.2. The minimum absolute atomic E-state index is 0.188. The van der Waals surface area contributed by atoms with Crippen LogP contribution in [0.5, 0.6) is 0 Å². The molecular weight excluding hydrogens is 430 g/mol. The van der Waals surface area contributed by atoms with E-state index in [0.29, 0.717) is 28.8 Å². The van der Waals surface area contributed by atoms with Gasteiger partial charge in [0.2, 0.25) is 0 Å². The van der Waals surface area contributed by atoms with Gasteiger partial charge in [0.1, 0.15) is 23.4 Å². The summed E-state index contributed by atoms with van der Waals surface area (Å²) in [6, 6.07) is 13.1. The lowest BCUT2D eigenvalue weighted by Crippen LogP contribution is -2.12. The Kier molecular flexibility index (Phi) is 4.75. The molecule has 1 aliphatic carbocycles. The summed E-state index contributed by atoms with van der Waals surface area (Å²) in [6.45, 7) is 4.09. The Labute approximate surface area is 195 Å². The highest BCUT2D eigenvalue weighted by atomic mass is 16.3. The number of nitrogens with zero attached hydrogens (tertiary/aromatic N) is 6. The third kappa shape index (κ3) is 3.75. The maximum atomic E-state index is 12.9. The van der Waals surface area contributed by atoms with Gasteiger partial charge in [-0.1, -0.05) is 6.07 Å². The summed E-state index contributed by atoms with van der Waals surface area (Å²) < 4.78 is 9.74. The molecule has 0 bridgehead atoms. The van der Waals surface area contributed by atoms with Crippen LogP contribution in [0, 0.1) is 0 Å². The van der Waals surface area contributed by atoms with Gasteiger partial charge in [-0.25, -0.2) is 9.97 Å². The monoisotopic (exact) mass is 453 g/mol. The van der Waals surface area contributed by atoms with E-state index in [1.807, 2.05) is 59.6 Å². The van der Waals surface area contributed by atoms with E-state index in [1.54, 1.807) is 18.5 Å². The van der Waals surface area contributed by atoms with Crippen molar-refractivity contribution in [2.45, 2.75) is 38.6 Å². The summed E-state index contributed by atoms with van der Waals surface area (Å²) in [4.78, 5) is 22.0. The van der Waals surface area contributed by atoms with E-state index >= 15 is 0 Å². The Morgan fingerprint density at radius 2 is 2.03 bits per heavy atom. The first kappa shape index (κ1) is 20.3. The maximum Gasteiger partial charge on any atom is 0.292 e. The molecule has 1 amide bonds. The molecule has 9 heteroatoms. The fourth-order valence-corrected chi connectivity index (χ4v) is 3.98. The van der Waals surface area contributed by atoms with Crippen LogP contribution in [0.1, 0.15) is 54.9 Å². The molecule has 1 aromatic carbocycles. The van der Waals surface area contributed by atoms with Gasteiger partial charge in [0, 0.05) is 29.2 Å². The number of aromatic nitrogens is 6. The topological polar surface area (TPSA) is 104 Å². The summed E-state index contributed by atoms with van der Waals surface area (Å²) in [5.41, 5.74) is 3.38. The van der Waals surface area contributed by atoms with Crippen LogP contribution in [0.15, 0.2) is 65.7 Å². The Bertz CT molecular complexity index is 1510. The van der Waals surface area contributed by atoms with Crippen molar-refractivity contribution in [3.05, 3.63) is 72.8 Å². The zero-order valence-corrected chi connectivity index (χ0v) is 18.8. The third-order valence-corrected chi connectivity index (χ3v) is 5.97. The van der Waals surface area contributed by atoms with Crippen molar-refractivity contribution in [1.29, 1.82) is 0 Å². The Balaban J connectivity index is 1.23. The highest BCUT2D eigenvalue weighted by Crippen LogP contribution is 2.39. The van der Waals surface area contributed by atoms with Crippen LogP contribution in [0.2, 0.25) is 0 Å². The number of hydrogen-bond donors (Lipinski definition) is 1. The van der Waals surface area contributed by atoms with E-state index in [0.717, 1.165) is 16.8 Å². The quantitative estimate of drug-likeness (QED) is 0.389. The maximum absolute atomic E-state index is 12.9. The molecular formula is C25H23N7O2. The predicted octanol–water partition coefficient (Wildman–Crippen LogP) is 4.98. The van der Waals surface area contributed by atoms with E-state index in [-0.39, 0.29) is 17.7 Å². The average molecular weight is 454 g/mol. The number of amides is 1. The van der Waals surface area contributed by atoms with Crippen molar-refractivity contribution in [1.82, 2.24) is 29.3 Å². The van der Waals surface area contributed by atoms with Gasteiger partial charge < -0.3 is 18.9 Å². The van der Waals surface area contributed by atoms with E-state index < -0.39 is 0 Å². The fourth-order valence-electron chi connectivity index (χ4n) is 3.98. The van der Waals surface area contributed by atoms with Crippen LogP contribution in [-0.4, -0.2) is 35.2 Å². The first-order valence-electron chi connectivity index (χ1n) is 11.3. The first-order chi connectivity index (χ1) is 16.5. The number of carbonyl (C=O) groups excluding carboxylic acids is 1. The lowest BCUT2D eigenvalue weighted by molar-refractivity contribution is 0.0998. The van der Waals surface area contributed by atoms with Gasteiger partial charge in [0.05, 0.1) is 12.0 Å². The molecule has 0 spiro atoms. The molecule has 0 atom stereocenters. The van der Waals surface area contributed by atoms with Gasteiger partial charge in [-0.3, -0.25) is 4.79 Å². The molecule has 4 heterocycles. The second kappa shape index (κ2) is 7.95. The van der Waals surface area contributed by atoms with Gasteiger partial charge in [-0.15, -0.1) is 10.2 Å². The van der Waals surface area contributed by atoms with Gasteiger partial charge in [-0.2, -0.15) is 0 Å². The molecule has 1 saturated carbocycles. The Morgan fingerprint density at radius 1 is 1.15 bits per heavy atom. The second-order valence-corrected chi connectivity index (χ2v) is 8.83. The van der Waals surface area contributed by atoms with E-state index in [4.69, 9.17) is 4.42 Å². The number of imidazole rings is 1. The number of carbonyl (C=O) groups is 1. The van der Waals surface area contributed by atoms with Gasteiger partial charge in [0.15, 0.2) is 11.6 Å². The largest absolute Gasteiger partial charge is 0.451 e. The zero-order chi connectivity index (χ0) is 23.2. The molecule has 4 aromatic heterocycles. The third-order valence-electron chi connectivity index (χ3n) is 5.97. The molecule has 0 radical (unpaired) electrons. The van der Waals surface area contributed by atoms with Crippen molar-refractivity contribution >= 4 is 22.7 Å². The van der Waals surface area contributed by atoms with Crippen LogP contribution >= 0.6 is 0 Å². The van der Waals surface area contributed by atoms with Crippen LogP contribution < -0.4 is 5.32 Å². The summed E-state index contributed by atoms with van der Waals surface area (Å²) >= 11 is 0. The molecule has 0 aliphatic heterocycles. The van der Waals surface area contributed by atoms with Gasteiger partial charge in [0.25, 0.3) is 5.91 Å². The number of pyridine rings is 1. The van der Waals surface area contributed by atoms with Crippen molar-refractivity contribution in [2.75, 3.05) is 5.32 Å². The van der Waals surface area contributed by atoms with Crippen LogP contribution in [0.3, 0.4) is 0 Å². The molecule has 0 unspecified atom stereocenters. The molecule has 6 rings (SSSR count). The van der Waals surface area contributed by atoms with Crippen molar-refractivity contribution in [3.8, 4) is 17.2 Å². The number of fused-ring (bicyclic) bond motifs is 1. The molecule has 9 nitrogen and oxygen atoms in total. The van der Waals surface area contributed by atoms with Gasteiger partial charge >= 0.3 is 0 Å².